The lowest BCUT2D eigenvalue weighted by Crippen LogP contribution is -2.51. The molecule has 17 heavy (non-hydrogen) atoms. The molecule has 1 atom stereocenters. The normalized spacial score (nSPS) is 22.6. The summed E-state index contributed by atoms with van der Waals surface area (Å²) in [7, 11) is 0. The molecule has 94 valence electrons. The molecule has 0 aromatic carbocycles. The Morgan fingerprint density at radius 3 is 2.94 bits per heavy atom. The van der Waals surface area contributed by atoms with Crippen LogP contribution in [0, 0.1) is 0 Å². The zero-order valence-electron chi connectivity index (χ0n) is 11.0. The van der Waals surface area contributed by atoms with Gasteiger partial charge in [0, 0.05) is 37.4 Å². The van der Waals surface area contributed by atoms with Crippen LogP contribution < -0.4 is 0 Å². The van der Waals surface area contributed by atoms with Crippen molar-refractivity contribution in [2.45, 2.75) is 38.8 Å². The monoisotopic (exact) mass is 234 g/mol. The van der Waals surface area contributed by atoms with Gasteiger partial charge in [0.05, 0.1) is 12.7 Å². The molecule has 3 nitrogen and oxygen atoms in total. The third kappa shape index (κ3) is 3.51. The van der Waals surface area contributed by atoms with Crippen LogP contribution in [0.2, 0.25) is 0 Å². The van der Waals surface area contributed by atoms with Gasteiger partial charge in [-0.25, -0.2) is 0 Å². The molecule has 1 fully saturated rings. The van der Waals surface area contributed by atoms with Gasteiger partial charge >= 0.3 is 0 Å². The molecule has 1 aromatic rings. The third-order valence-electron chi connectivity index (χ3n) is 3.27. The van der Waals surface area contributed by atoms with E-state index >= 15 is 0 Å². The maximum atomic E-state index is 5.84. The second-order valence-corrected chi connectivity index (χ2v) is 5.68. The van der Waals surface area contributed by atoms with Gasteiger partial charge < -0.3 is 4.74 Å². The topological polar surface area (TPSA) is 25.4 Å². The fraction of sp³-hybridized carbons (Fsp3) is 0.643. The van der Waals surface area contributed by atoms with E-state index in [9.17, 15) is 0 Å². The van der Waals surface area contributed by atoms with Gasteiger partial charge in [0.1, 0.15) is 0 Å². The number of morpholine rings is 1. The molecule has 0 saturated carbocycles. The molecule has 0 amide bonds. The minimum atomic E-state index is 0.233. The summed E-state index contributed by atoms with van der Waals surface area (Å²) in [6.07, 6.45) is 5.00. The number of hydrogen-bond acceptors (Lipinski definition) is 3. The number of ether oxygens (including phenoxy) is 1. The molecule has 3 heteroatoms. The highest BCUT2D eigenvalue weighted by atomic mass is 16.5. The van der Waals surface area contributed by atoms with E-state index in [1.54, 1.807) is 0 Å². The van der Waals surface area contributed by atoms with Crippen LogP contribution in [0.15, 0.2) is 24.5 Å². The molecule has 1 aliphatic heterocycles. The van der Waals surface area contributed by atoms with E-state index in [0.717, 1.165) is 26.1 Å². The molecule has 1 saturated heterocycles. The summed E-state index contributed by atoms with van der Waals surface area (Å²) in [6, 6.07) is 4.10. The Kier molecular flexibility index (Phi) is 3.79. The van der Waals surface area contributed by atoms with E-state index in [-0.39, 0.29) is 5.54 Å². The average molecular weight is 234 g/mol. The highest BCUT2D eigenvalue weighted by Gasteiger charge is 2.28. The van der Waals surface area contributed by atoms with Crippen LogP contribution in [0.25, 0.3) is 0 Å². The van der Waals surface area contributed by atoms with E-state index in [2.05, 4.69) is 36.7 Å². The van der Waals surface area contributed by atoms with Crippen LogP contribution in [0.5, 0.6) is 0 Å². The van der Waals surface area contributed by atoms with Crippen molar-refractivity contribution in [3.05, 3.63) is 30.1 Å². The highest BCUT2D eigenvalue weighted by Crippen LogP contribution is 2.19. The van der Waals surface area contributed by atoms with Crippen LogP contribution in [0.1, 0.15) is 26.3 Å². The van der Waals surface area contributed by atoms with E-state index in [1.165, 1.54) is 5.56 Å². The summed E-state index contributed by atoms with van der Waals surface area (Å²) in [6.45, 7) is 9.67. The van der Waals surface area contributed by atoms with E-state index in [0.29, 0.717) is 6.10 Å². The van der Waals surface area contributed by atoms with Gasteiger partial charge in [0.15, 0.2) is 0 Å². The molecule has 0 N–H and O–H groups in total. The van der Waals surface area contributed by atoms with Crippen molar-refractivity contribution in [1.82, 2.24) is 9.88 Å². The number of hydrogen-bond donors (Lipinski definition) is 0. The van der Waals surface area contributed by atoms with Gasteiger partial charge in [-0.3, -0.25) is 9.88 Å². The molecule has 1 aliphatic rings. The van der Waals surface area contributed by atoms with Gasteiger partial charge in [-0.15, -0.1) is 0 Å². The summed E-state index contributed by atoms with van der Waals surface area (Å²) in [5.74, 6) is 0. The van der Waals surface area contributed by atoms with Crippen LogP contribution in [0.4, 0.5) is 0 Å². The smallest absolute Gasteiger partial charge is 0.0743 e. The molecular weight excluding hydrogens is 212 g/mol. The maximum Gasteiger partial charge on any atom is 0.0743 e. The van der Waals surface area contributed by atoms with Gasteiger partial charge in [-0.05, 0) is 32.4 Å². The second kappa shape index (κ2) is 5.15. The zero-order chi connectivity index (χ0) is 12.3. The SMILES string of the molecule is CC(C)(C)N1CCOC(Cc2cccnc2)C1. The van der Waals surface area contributed by atoms with Crippen molar-refractivity contribution in [3.63, 3.8) is 0 Å². The van der Waals surface area contributed by atoms with Gasteiger partial charge in [0.2, 0.25) is 0 Å². The Labute approximate surface area is 104 Å². The molecule has 1 aromatic heterocycles. The quantitative estimate of drug-likeness (QED) is 0.784. The standard InChI is InChI=1S/C14H22N2O/c1-14(2,3)16-7-8-17-13(11-16)9-12-5-4-6-15-10-12/h4-6,10,13H,7-9,11H2,1-3H3. The van der Waals surface area contributed by atoms with Crippen LogP contribution in [-0.2, 0) is 11.2 Å². The van der Waals surface area contributed by atoms with Gasteiger partial charge in [-0.1, -0.05) is 6.07 Å². The average Bonchev–Trinajstić information content (AvgIpc) is 2.29. The lowest BCUT2D eigenvalue weighted by molar-refractivity contribution is -0.0572. The number of rotatable bonds is 2. The van der Waals surface area contributed by atoms with Crippen LogP contribution in [0.3, 0.4) is 0 Å². The van der Waals surface area contributed by atoms with Gasteiger partial charge in [0.25, 0.3) is 0 Å². The molecular formula is C14H22N2O. The van der Waals surface area contributed by atoms with Crippen molar-refractivity contribution in [1.29, 1.82) is 0 Å². The fourth-order valence-corrected chi connectivity index (χ4v) is 2.23. The Morgan fingerprint density at radius 1 is 1.47 bits per heavy atom. The summed E-state index contributed by atoms with van der Waals surface area (Å²) in [5, 5.41) is 0. The first-order valence-electron chi connectivity index (χ1n) is 6.31. The minimum absolute atomic E-state index is 0.233. The fourth-order valence-electron chi connectivity index (χ4n) is 2.23. The Hall–Kier alpha value is -0.930. The third-order valence-corrected chi connectivity index (χ3v) is 3.27. The predicted molar refractivity (Wildman–Crippen MR) is 69.0 cm³/mol. The lowest BCUT2D eigenvalue weighted by Gasteiger charge is -2.41. The highest BCUT2D eigenvalue weighted by molar-refractivity contribution is 5.10. The van der Waals surface area contributed by atoms with Crippen molar-refractivity contribution in [2.24, 2.45) is 0 Å². The summed E-state index contributed by atoms with van der Waals surface area (Å²) in [5.41, 5.74) is 1.49. The van der Waals surface area contributed by atoms with Crippen molar-refractivity contribution in [2.75, 3.05) is 19.7 Å². The zero-order valence-corrected chi connectivity index (χ0v) is 11.0. The first-order chi connectivity index (χ1) is 8.05. The molecule has 0 spiro atoms. The molecule has 0 radical (unpaired) electrons. The number of aromatic nitrogens is 1. The number of pyridine rings is 1. The van der Waals surface area contributed by atoms with E-state index in [4.69, 9.17) is 4.74 Å². The first kappa shape index (κ1) is 12.5. The predicted octanol–water partition coefficient (Wildman–Crippen LogP) is 2.12. The van der Waals surface area contributed by atoms with Crippen molar-refractivity contribution >= 4 is 0 Å². The van der Waals surface area contributed by atoms with E-state index < -0.39 is 0 Å². The molecule has 0 bridgehead atoms. The largest absolute Gasteiger partial charge is 0.375 e. The van der Waals surface area contributed by atoms with Crippen molar-refractivity contribution in [3.8, 4) is 0 Å². The summed E-state index contributed by atoms with van der Waals surface area (Å²) < 4.78 is 5.84. The Morgan fingerprint density at radius 2 is 2.29 bits per heavy atom. The molecule has 2 heterocycles. The molecule has 2 rings (SSSR count). The molecule has 0 aliphatic carbocycles. The summed E-state index contributed by atoms with van der Waals surface area (Å²) >= 11 is 0. The first-order valence-corrected chi connectivity index (χ1v) is 6.31. The molecule has 1 unspecified atom stereocenters. The number of nitrogens with zero attached hydrogens (tertiary/aromatic N) is 2. The van der Waals surface area contributed by atoms with Crippen molar-refractivity contribution < 1.29 is 4.74 Å². The van der Waals surface area contributed by atoms with Crippen LogP contribution >= 0.6 is 0 Å². The lowest BCUT2D eigenvalue weighted by atomic mass is 10.0. The van der Waals surface area contributed by atoms with Gasteiger partial charge in [-0.2, -0.15) is 0 Å². The summed E-state index contributed by atoms with van der Waals surface area (Å²) in [4.78, 5) is 6.65. The Bertz CT molecular complexity index is 345. The maximum absolute atomic E-state index is 5.84. The minimum Gasteiger partial charge on any atom is -0.375 e. The second-order valence-electron chi connectivity index (χ2n) is 5.68. The Balaban J connectivity index is 1.94. The van der Waals surface area contributed by atoms with E-state index in [1.807, 2.05) is 18.5 Å². The van der Waals surface area contributed by atoms with Crippen LogP contribution in [-0.4, -0.2) is 41.2 Å².